The van der Waals surface area contributed by atoms with Crippen molar-refractivity contribution in [2.75, 3.05) is 0 Å². The van der Waals surface area contributed by atoms with Gasteiger partial charge in [0.25, 0.3) is 0 Å². The third-order valence-electron chi connectivity index (χ3n) is 3.40. The van der Waals surface area contributed by atoms with Crippen molar-refractivity contribution < 1.29 is 22.2 Å². The number of rotatable bonds is 3. The van der Waals surface area contributed by atoms with E-state index in [9.17, 15) is 17.3 Å². The van der Waals surface area contributed by atoms with Crippen molar-refractivity contribution in [1.29, 1.82) is 0 Å². The highest BCUT2D eigenvalue weighted by molar-refractivity contribution is 9.11. The molecule has 0 aliphatic carbocycles. The predicted molar refractivity (Wildman–Crippen MR) is 113 cm³/mol. The molecule has 3 aromatic carbocycles. The van der Waals surface area contributed by atoms with Crippen molar-refractivity contribution in [2.45, 2.75) is 0 Å². The van der Waals surface area contributed by atoms with Crippen LogP contribution in [0.4, 0.5) is 34.3 Å². The van der Waals surface area contributed by atoms with Crippen LogP contribution >= 0.6 is 47.8 Å². The Morgan fingerprint density at radius 3 is 0.852 bits per heavy atom. The average Bonchev–Trinajstić information content (AvgIpc) is 2.59. The number of quaternary nitrogens is 1. The van der Waals surface area contributed by atoms with E-state index in [4.69, 9.17) is 0 Å². The van der Waals surface area contributed by atoms with Gasteiger partial charge in [-0.1, -0.05) is 47.8 Å². The van der Waals surface area contributed by atoms with E-state index in [-0.39, 0.29) is 0 Å². The van der Waals surface area contributed by atoms with E-state index in [0.717, 1.165) is 13.4 Å². The molecule has 27 heavy (non-hydrogen) atoms. The molecule has 0 aliphatic rings. The Labute approximate surface area is 179 Å². The molecule has 3 aromatic rings. The van der Waals surface area contributed by atoms with Crippen LogP contribution in [-0.4, -0.2) is 7.25 Å². The maximum atomic E-state index is 9.75. The molecule has 0 unspecified atom stereocenters. The van der Waals surface area contributed by atoms with E-state index in [1.165, 1.54) is 22.0 Å². The minimum Gasteiger partial charge on any atom is -0.418 e. The first-order chi connectivity index (χ1) is 12.6. The molecule has 0 saturated carbocycles. The van der Waals surface area contributed by atoms with Gasteiger partial charge in [0.15, 0.2) is 0 Å². The maximum absolute atomic E-state index is 9.75. The fourth-order valence-electron chi connectivity index (χ4n) is 2.35. The molecular weight excluding hydrogens is 557 g/mol. The van der Waals surface area contributed by atoms with Gasteiger partial charge in [-0.15, -0.1) is 0 Å². The highest BCUT2D eigenvalue weighted by atomic mass is 79.9. The summed E-state index contributed by atoms with van der Waals surface area (Å²) in [6.45, 7) is 0. The number of hydrogen-bond donors (Lipinski definition) is 1. The first-order valence-corrected chi connectivity index (χ1v) is 10.0. The van der Waals surface area contributed by atoms with Crippen LogP contribution in [0, 0.1) is 0 Å². The van der Waals surface area contributed by atoms with Gasteiger partial charge in [-0.2, -0.15) is 0 Å². The molecule has 0 saturated heterocycles. The van der Waals surface area contributed by atoms with Crippen LogP contribution in [0.5, 0.6) is 0 Å². The number of nitrogens with one attached hydrogen (secondary N) is 1. The molecule has 1 N–H and O–H groups in total. The lowest BCUT2D eigenvalue weighted by atomic mass is 10.2. The summed E-state index contributed by atoms with van der Waals surface area (Å²) in [5.41, 5.74) is 3.61. The minimum atomic E-state index is -6.00. The predicted octanol–water partition coefficient (Wildman–Crippen LogP) is 7.45. The second-order valence-corrected chi connectivity index (χ2v) is 8.14. The van der Waals surface area contributed by atoms with Crippen molar-refractivity contribution in [3.8, 4) is 0 Å². The largest absolute Gasteiger partial charge is 0.673 e. The zero-order valence-corrected chi connectivity index (χ0v) is 18.4. The topological polar surface area (TPSA) is 4.44 Å². The van der Waals surface area contributed by atoms with Gasteiger partial charge in [0.1, 0.15) is 17.1 Å². The summed E-state index contributed by atoms with van der Waals surface area (Å²) in [6.07, 6.45) is 0. The Morgan fingerprint density at radius 1 is 0.481 bits per heavy atom. The number of benzene rings is 3. The van der Waals surface area contributed by atoms with Crippen molar-refractivity contribution in [2.24, 2.45) is 0 Å². The van der Waals surface area contributed by atoms with Crippen molar-refractivity contribution >= 4 is 72.1 Å². The van der Waals surface area contributed by atoms with Gasteiger partial charge in [0.2, 0.25) is 0 Å². The van der Waals surface area contributed by atoms with Gasteiger partial charge < -0.3 is 17.3 Å². The van der Waals surface area contributed by atoms with E-state index >= 15 is 0 Å². The quantitative estimate of drug-likeness (QED) is 0.247. The zero-order valence-electron chi connectivity index (χ0n) is 13.7. The highest BCUT2D eigenvalue weighted by Crippen LogP contribution is 2.21. The van der Waals surface area contributed by atoms with Gasteiger partial charge in [-0.25, -0.2) is 4.90 Å². The van der Waals surface area contributed by atoms with Crippen LogP contribution in [0.2, 0.25) is 0 Å². The molecule has 142 valence electrons. The molecule has 0 spiro atoms. The first-order valence-electron chi connectivity index (χ1n) is 7.65. The lowest BCUT2D eigenvalue weighted by Crippen LogP contribution is -2.96. The van der Waals surface area contributed by atoms with Gasteiger partial charge in [0, 0.05) is 49.8 Å². The van der Waals surface area contributed by atoms with E-state index < -0.39 is 7.25 Å². The molecule has 9 heteroatoms. The summed E-state index contributed by atoms with van der Waals surface area (Å²) in [5, 5.41) is 0. The molecule has 0 aliphatic heterocycles. The molecule has 0 bridgehead atoms. The molecule has 0 amide bonds. The van der Waals surface area contributed by atoms with Crippen molar-refractivity contribution in [3.05, 3.63) is 86.2 Å². The Bertz CT molecular complexity index is 740. The Morgan fingerprint density at radius 2 is 0.667 bits per heavy atom. The molecule has 0 radical (unpaired) electrons. The molecule has 0 aromatic heterocycles. The zero-order chi connectivity index (χ0) is 20.0. The molecule has 1 nitrogen and oxygen atoms in total. The first kappa shape index (κ1) is 22.1. The Kier molecular flexibility index (Phi) is 8.09. The Hall–Kier alpha value is -1.16. The van der Waals surface area contributed by atoms with E-state index in [2.05, 4.69) is 121 Å². The minimum absolute atomic E-state index is 1.09. The second-order valence-electron chi connectivity index (χ2n) is 5.39. The average molecular weight is 570 g/mol. The van der Waals surface area contributed by atoms with Crippen LogP contribution in [0.15, 0.2) is 86.2 Å². The fraction of sp³-hybridized carbons (Fsp3) is 0. The standard InChI is InChI=1S/C18H12Br3N.BF4/c19-13-1-7-16(8-2-13)22(17-9-3-14(20)4-10-17)18-11-5-15(21)6-12-18;2-1(3,4)5/h1-12H;/q;-1/p+1. The van der Waals surface area contributed by atoms with Crippen molar-refractivity contribution in [3.63, 3.8) is 0 Å². The lowest BCUT2D eigenvalue weighted by Gasteiger charge is -2.18. The molecule has 0 heterocycles. The van der Waals surface area contributed by atoms with Crippen LogP contribution in [0.3, 0.4) is 0 Å². The third kappa shape index (κ3) is 7.77. The van der Waals surface area contributed by atoms with E-state index in [1.54, 1.807) is 0 Å². The summed E-state index contributed by atoms with van der Waals surface area (Å²) in [5.74, 6) is 0. The molecule has 0 fully saturated rings. The number of hydrogen-bond acceptors (Lipinski definition) is 0. The van der Waals surface area contributed by atoms with Crippen molar-refractivity contribution in [1.82, 2.24) is 0 Å². The van der Waals surface area contributed by atoms with Crippen LogP contribution in [-0.2, 0) is 0 Å². The normalized spacial score (nSPS) is 11.1. The van der Waals surface area contributed by atoms with E-state index in [1.807, 2.05) is 0 Å². The molecule has 0 atom stereocenters. The SMILES string of the molecule is Brc1ccc([NH+](c2ccc(Br)cc2)c2ccc(Br)cc2)cc1.F[B-](F)(F)F. The summed E-state index contributed by atoms with van der Waals surface area (Å²) < 4.78 is 42.3. The summed E-state index contributed by atoms with van der Waals surface area (Å²) in [4.78, 5) is 1.23. The highest BCUT2D eigenvalue weighted by Gasteiger charge is 2.20. The smallest absolute Gasteiger partial charge is 0.418 e. The van der Waals surface area contributed by atoms with Crippen LogP contribution in [0.1, 0.15) is 0 Å². The fourth-order valence-corrected chi connectivity index (χ4v) is 3.14. The van der Waals surface area contributed by atoms with Gasteiger partial charge >= 0.3 is 7.25 Å². The van der Waals surface area contributed by atoms with E-state index in [0.29, 0.717) is 0 Å². The number of halogens is 7. The third-order valence-corrected chi connectivity index (χ3v) is 4.98. The Balaban J connectivity index is 0.000000465. The summed E-state index contributed by atoms with van der Waals surface area (Å²) in [6, 6.07) is 25.3. The maximum Gasteiger partial charge on any atom is 0.673 e. The monoisotopic (exact) mass is 567 g/mol. The summed E-state index contributed by atoms with van der Waals surface area (Å²) in [7, 11) is -6.00. The molecule has 3 rings (SSSR count). The van der Waals surface area contributed by atoms with Gasteiger partial charge in [-0.3, -0.25) is 0 Å². The van der Waals surface area contributed by atoms with Crippen LogP contribution in [0.25, 0.3) is 0 Å². The lowest BCUT2D eigenvalue weighted by molar-refractivity contribution is -0.681. The van der Waals surface area contributed by atoms with Gasteiger partial charge in [0.05, 0.1) is 0 Å². The second kappa shape index (κ2) is 9.86. The molecular formula is C18H13BBr3F4N. The van der Waals surface area contributed by atoms with Crippen LogP contribution < -0.4 is 4.90 Å². The van der Waals surface area contributed by atoms with Gasteiger partial charge in [-0.05, 0) is 36.4 Å². The summed E-state index contributed by atoms with van der Waals surface area (Å²) >= 11 is 10.5.